The Hall–Kier alpha value is -3.52. The Kier molecular flexibility index (Phi) is 7.92. The number of fused-ring (bicyclic) bond motifs is 1. The molecule has 0 bridgehead atoms. The van der Waals surface area contributed by atoms with Crippen LogP contribution in [-0.2, 0) is 27.4 Å². The zero-order valence-corrected chi connectivity index (χ0v) is 19.7. The van der Waals surface area contributed by atoms with E-state index in [2.05, 4.69) is 0 Å². The van der Waals surface area contributed by atoms with E-state index >= 15 is 0 Å². The molecular formula is C27H29FN2O5. The molecule has 0 saturated carbocycles. The second-order valence-corrected chi connectivity index (χ2v) is 8.73. The Morgan fingerprint density at radius 3 is 2.51 bits per heavy atom. The average Bonchev–Trinajstić information content (AvgIpc) is 3.39. The fraction of sp³-hybridized carbons (Fsp3) is 0.370. The minimum absolute atomic E-state index is 0.00252. The molecule has 8 heteroatoms. The van der Waals surface area contributed by atoms with Gasteiger partial charge in [-0.3, -0.25) is 14.4 Å². The van der Waals surface area contributed by atoms with Gasteiger partial charge in [0.05, 0.1) is 36.4 Å². The van der Waals surface area contributed by atoms with Crippen molar-refractivity contribution in [1.82, 2.24) is 9.80 Å². The van der Waals surface area contributed by atoms with Crippen LogP contribution in [0, 0.1) is 5.82 Å². The van der Waals surface area contributed by atoms with E-state index < -0.39 is 0 Å². The highest BCUT2D eigenvalue weighted by Gasteiger charge is 2.26. The van der Waals surface area contributed by atoms with Crippen LogP contribution in [0.3, 0.4) is 0 Å². The van der Waals surface area contributed by atoms with Gasteiger partial charge in [0.15, 0.2) is 5.43 Å². The molecule has 7 nitrogen and oxygen atoms in total. The van der Waals surface area contributed by atoms with Crippen molar-refractivity contribution >= 4 is 22.8 Å². The van der Waals surface area contributed by atoms with Gasteiger partial charge in [0.25, 0.3) is 0 Å². The Morgan fingerprint density at radius 2 is 1.80 bits per heavy atom. The number of nitrogens with zero attached hydrogens (tertiary/aromatic N) is 2. The Bertz CT molecular complexity index is 1230. The maximum absolute atomic E-state index is 13.5. The van der Waals surface area contributed by atoms with Crippen LogP contribution in [0.4, 0.5) is 4.39 Å². The Balaban J connectivity index is 1.59. The summed E-state index contributed by atoms with van der Waals surface area (Å²) < 4.78 is 24.7. The lowest BCUT2D eigenvalue weighted by molar-refractivity contribution is -0.142. The number of hydrogen-bond acceptors (Lipinski definition) is 5. The summed E-state index contributed by atoms with van der Waals surface area (Å²) in [5, 5.41) is 0.431. The van der Waals surface area contributed by atoms with Crippen molar-refractivity contribution in [2.24, 2.45) is 0 Å². The number of rotatable bonds is 9. The molecule has 1 fully saturated rings. The van der Waals surface area contributed by atoms with Crippen LogP contribution in [0.25, 0.3) is 11.0 Å². The second-order valence-electron chi connectivity index (χ2n) is 8.73. The van der Waals surface area contributed by atoms with Crippen LogP contribution < -0.4 is 5.43 Å². The highest BCUT2D eigenvalue weighted by atomic mass is 19.1. The minimum atomic E-state index is -0.377. The van der Waals surface area contributed by atoms with E-state index in [-0.39, 0.29) is 55.2 Å². The topological polar surface area (TPSA) is 80.1 Å². The minimum Gasteiger partial charge on any atom is -0.464 e. The van der Waals surface area contributed by atoms with Gasteiger partial charge in [-0.05, 0) is 42.7 Å². The van der Waals surface area contributed by atoms with E-state index in [4.69, 9.17) is 9.15 Å². The molecule has 0 radical (unpaired) electrons. The first-order chi connectivity index (χ1) is 16.9. The highest BCUT2D eigenvalue weighted by Crippen LogP contribution is 2.17. The SMILES string of the molecule is CCC(=O)N(CC(=O)N(Cc1ccc(F)cc1)Cc1coc2ccccc2c1=O)CC1CCCO1. The van der Waals surface area contributed by atoms with Gasteiger partial charge in [-0.25, -0.2) is 4.39 Å². The van der Waals surface area contributed by atoms with Gasteiger partial charge in [-0.2, -0.15) is 0 Å². The summed E-state index contributed by atoms with van der Waals surface area (Å²) in [5.74, 6) is -0.833. The van der Waals surface area contributed by atoms with Crippen molar-refractivity contribution in [3.8, 4) is 0 Å². The van der Waals surface area contributed by atoms with Gasteiger partial charge in [-0.1, -0.05) is 31.2 Å². The van der Waals surface area contributed by atoms with Gasteiger partial charge in [0.1, 0.15) is 11.4 Å². The van der Waals surface area contributed by atoms with Gasteiger partial charge in [0, 0.05) is 26.1 Å². The van der Waals surface area contributed by atoms with E-state index in [0.717, 1.165) is 12.8 Å². The van der Waals surface area contributed by atoms with E-state index in [9.17, 15) is 18.8 Å². The molecule has 2 aromatic carbocycles. The first kappa shape index (κ1) is 24.6. The summed E-state index contributed by atoms with van der Waals surface area (Å²) in [6.07, 6.45) is 3.33. The lowest BCUT2D eigenvalue weighted by Gasteiger charge is -2.29. The molecule has 1 saturated heterocycles. The molecule has 1 aromatic heterocycles. The third-order valence-electron chi connectivity index (χ3n) is 6.18. The first-order valence-electron chi connectivity index (χ1n) is 11.9. The highest BCUT2D eigenvalue weighted by molar-refractivity contribution is 5.85. The number of carbonyl (C=O) groups excluding carboxylic acids is 2. The molecule has 2 heterocycles. The second kappa shape index (κ2) is 11.3. The van der Waals surface area contributed by atoms with E-state index in [1.807, 2.05) is 0 Å². The van der Waals surface area contributed by atoms with Crippen LogP contribution in [0.1, 0.15) is 37.3 Å². The monoisotopic (exact) mass is 480 g/mol. The first-order valence-corrected chi connectivity index (χ1v) is 11.9. The summed E-state index contributed by atoms with van der Waals surface area (Å²) in [6.45, 7) is 2.78. The van der Waals surface area contributed by atoms with E-state index in [1.165, 1.54) is 28.2 Å². The van der Waals surface area contributed by atoms with Crippen molar-refractivity contribution in [1.29, 1.82) is 0 Å². The van der Waals surface area contributed by atoms with Crippen molar-refractivity contribution in [3.63, 3.8) is 0 Å². The summed E-state index contributed by atoms with van der Waals surface area (Å²) >= 11 is 0. The molecule has 1 unspecified atom stereocenters. The van der Waals surface area contributed by atoms with E-state index in [0.29, 0.717) is 35.2 Å². The molecular weight excluding hydrogens is 451 g/mol. The van der Waals surface area contributed by atoms with E-state index in [1.54, 1.807) is 43.3 Å². The summed E-state index contributed by atoms with van der Waals surface area (Å²) in [7, 11) is 0. The van der Waals surface area contributed by atoms with Crippen LogP contribution in [0.15, 0.2) is 64.0 Å². The predicted octanol–water partition coefficient (Wildman–Crippen LogP) is 3.88. The zero-order valence-electron chi connectivity index (χ0n) is 19.7. The maximum Gasteiger partial charge on any atom is 0.242 e. The van der Waals surface area contributed by atoms with Crippen molar-refractivity contribution in [2.75, 3.05) is 19.7 Å². The number of halogens is 1. The molecule has 184 valence electrons. The molecule has 0 N–H and O–H groups in total. The molecule has 1 aliphatic rings. The molecule has 0 aliphatic carbocycles. The quantitative estimate of drug-likeness (QED) is 0.464. The Labute approximate surface area is 203 Å². The fourth-order valence-electron chi connectivity index (χ4n) is 4.25. The van der Waals surface area contributed by atoms with Crippen molar-refractivity contribution in [3.05, 3.63) is 82.0 Å². The summed E-state index contributed by atoms with van der Waals surface area (Å²) in [5.41, 5.74) is 1.28. The van der Waals surface area contributed by atoms with Gasteiger partial charge in [0.2, 0.25) is 11.8 Å². The van der Waals surface area contributed by atoms with Crippen molar-refractivity contribution < 1.29 is 23.1 Å². The number of benzene rings is 2. The zero-order chi connectivity index (χ0) is 24.8. The lowest BCUT2D eigenvalue weighted by Crippen LogP contribution is -2.45. The molecule has 35 heavy (non-hydrogen) atoms. The third kappa shape index (κ3) is 6.14. The summed E-state index contributed by atoms with van der Waals surface area (Å²) in [4.78, 5) is 42.2. The number of hydrogen-bond donors (Lipinski definition) is 0. The normalized spacial score (nSPS) is 15.3. The van der Waals surface area contributed by atoms with Crippen LogP contribution in [0.2, 0.25) is 0 Å². The predicted molar refractivity (Wildman–Crippen MR) is 129 cm³/mol. The maximum atomic E-state index is 13.5. The molecule has 3 aromatic rings. The average molecular weight is 481 g/mol. The smallest absolute Gasteiger partial charge is 0.242 e. The number of para-hydroxylation sites is 1. The van der Waals surface area contributed by atoms with Gasteiger partial charge >= 0.3 is 0 Å². The van der Waals surface area contributed by atoms with Crippen LogP contribution in [0.5, 0.6) is 0 Å². The lowest BCUT2D eigenvalue weighted by atomic mass is 10.1. The third-order valence-corrected chi connectivity index (χ3v) is 6.18. The molecule has 2 amide bonds. The Morgan fingerprint density at radius 1 is 1.03 bits per heavy atom. The standard InChI is InChI=1S/C27H29FN2O5/c1-2-25(31)30(16-22-6-5-13-34-22)17-26(32)29(14-19-9-11-21(28)12-10-19)15-20-18-35-24-8-4-3-7-23(24)27(20)33/h3-4,7-12,18,22H,2,5-6,13-17H2,1H3. The largest absolute Gasteiger partial charge is 0.464 e. The van der Waals surface area contributed by atoms with Gasteiger partial charge in [-0.15, -0.1) is 0 Å². The molecule has 1 atom stereocenters. The van der Waals surface area contributed by atoms with Crippen molar-refractivity contribution in [2.45, 2.75) is 45.4 Å². The number of carbonyl (C=O) groups is 2. The molecule has 1 aliphatic heterocycles. The van der Waals surface area contributed by atoms with Crippen LogP contribution in [-0.4, -0.2) is 47.4 Å². The molecule has 4 rings (SSSR count). The van der Waals surface area contributed by atoms with Gasteiger partial charge < -0.3 is 19.0 Å². The van der Waals surface area contributed by atoms with Crippen LogP contribution >= 0.6 is 0 Å². The fourth-order valence-corrected chi connectivity index (χ4v) is 4.25. The molecule has 0 spiro atoms. The number of ether oxygens (including phenoxy) is 1. The summed E-state index contributed by atoms with van der Waals surface area (Å²) in [6, 6.07) is 12.8. The number of amides is 2.